The Balaban J connectivity index is 0.000000550. The van der Waals surface area contributed by atoms with E-state index in [9.17, 15) is 5.11 Å². The van der Waals surface area contributed by atoms with E-state index in [2.05, 4.69) is 41.5 Å². The Morgan fingerprint density at radius 2 is 1.96 bits per heavy atom. The van der Waals surface area contributed by atoms with Gasteiger partial charge in [-0.2, -0.15) is 0 Å². The van der Waals surface area contributed by atoms with Gasteiger partial charge in [-0.05, 0) is 24.6 Å². The number of hydrogen-bond acceptors (Lipinski definition) is 3. The van der Waals surface area contributed by atoms with Crippen molar-refractivity contribution >= 4 is 17.7 Å². The van der Waals surface area contributed by atoms with Crippen LogP contribution in [-0.2, 0) is 11.3 Å². The summed E-state index contributed by atoms with van der Waals surface area (Å²) in [5, 5.41) is 11.3. The van der Waals surface area contributed by atoms with Crippen molar-refractivity contribution in [2.45, 2.75) is 50.6 Å². The molecule has 0 aliphatic carbocycles. The molecule has 0 radical (unpaired) electrons. The molecule has 1 N–H and O–H groups in total. The van der Waals surface area contributed by atoms with Crippen molar-refractivity contribution in [3.63, 3.8) is 0 Å². The molecule has 2 aromatic rings. The molecule has 0 aliphatic heterocycles. The molecule has 4 heteroatoms. The van der Waals surface area contributed by atoms with Gasteiger partial charge in [-0.15, -0.1) is 0 Å². The second-order valence-electron chi connectivity index (χ2n) is 5.81. The molecule has 25 heavy (non-hydrogen) atoms. The summed E-state index contributed by atoms with van der Waals surface area (Å²) >= 11 is 2.21. The molecule has 2 rings (SSSR count). The average Bonchev–Trinajstić information content (AvgIpc) is 2.67. The summed E-state index contributed by atoms with van der Waals surface area (Å²) in [5.74, 6) is 5.66. The van der Waals surface area contributed by atoms with Gasteiger partial charge in [-0.1, -0.05) is 42.2 Å². The first-order chi connectivity index (χ1) is 12.2. The van der Waals surface area contributed by atoms with Gasteiger partial charge in [-0.25, -0.2) is 0 Å². The molecule has 1 aromatic heterocycles. The molecule has 3 nitrogen and oxygen atoms in total. The summed E-state index contributed by atoms with van der Waals surface area (Å²) in [7, 11) is 0. The SMILES string of the molecule is C[C@@H](OCc1ccccc1)C(O)C#Cc1cccnc1.[Li][CH2]CCC. The van der Waals surface area contributed by atoms with E-state index in [1.54, 1.807) is 12.4 Å². The predicted molar refractivity (Wildman–Crippen MR) is 103 cm³/mol. The van der Waals surface area contributed by atoms with Crippen molar-refractivity contribution in [3.8, 4) is 11.8 Å². The quantitative estimate of drug-likeness (QED) is 0.647. The van der Waals surface area contributed by atoms with E-state index >= 15 is 0 Å². The third-order valence-electron chi connectivity index (χ3n) is 3.53. The molecule has 1 unspecified atom stereocenters. The number of rotatable bonds is 6. The first kappa shape index (κ1) is 21.5. The van der Waals surface area contributed by atoms with Crippen molar-refractivity contribution in [1.29, 1.82) is 0 Å². The molecule has 0 fully saturated rings. The van der Waals surface area contributed by atoms with Crippen LogP contribution in [0.4, 0.5) is 0 Å². The summed E-state index contributed by atoms with van der Waals surface area (Å²) in [6.07, 6.45) is 4.91. The molecule has 0 saturated carbocycles. The first-order valence-electron chi connectivity index (χ1n) is 8.92. The van der Waals surface area contributed by atoms with Gasteiger partial charge in [0, 0.05) is 18.0 Å². The monoisotopic (exact) mass is 331 g/mol. The van der Waals surface area contributed by atoms with Crippen LogP contribution < -0.4 is 0 Å². The van der Waals surface area contributed by atoms with Gasteiger partial charge in [0.2, 0.25) is 0 Å². The second kappa shape index (κ2) is 13.7. The van der Waals surface area contributed by atoms with Gasteiger partial charge in [0.15, 0.2) is 0 Å². The van der Waals surface area contributed by atoms with Crippen LogP contribution in [0.25, 0.3) is 0 Å². The van der Waals surface area contributed by atoms with Crippen LogP contribution in [0, 0.1) is 11.8 Å². The Hall–Kier alpha value is -1.55. The Morgan fingerprint density at radius 3 is 2.52 bits per heavy atom. The second-order valence-corrected chi connectivity index (χ2v) is 5.81. The van der Waals surface area contributed by atoms with Gasteiger partial charge in [-0.3, -0.25) is 4.98 Å². The number of benzene rings is 1. The Labute approximate surface area is 161 Å². The van der Waals surface area contributed by atoms with Crippen LogP contribution in [0.1, 0.15) is 37.8 Å². The molecule has 1 heterocycles. The molecule has 0 amide bonds. The Morgan fingerprint density at radius 1 is 1.20 bits per heavy atom. The molecule has 0 bridgehead atoms. The summed E-state index contributed by atoms with van der Waals surface area (Å²) in [6.45, 7) is 4.49. The van der Waals surface area contributed by atoms with Crippen molar-refractivity contribution < 1.29 is 9.84 Å². The fraction of sp³-hybridized carbons (Fsp3) is 0.381. The molecule has 0 saturated heterocycles. The van der Waals surface area contributed by atoms with E-state index in [1.165, 1.54) is 17.9 Å². The molecule has 2 atom stereocenters. The van der Waals surface area contributed by atoms with E-state index in [0.29, 0.717) is 6.61 Å². The fourth-order valence-corrected chi connectivity index (χ4v) is 1.96. The summed E-state index contributed by atoms with van der Waals surface area (Å²) < 4.78 is 5.61. The van der Waals surface area contributed by atoms with E-state index in [4.69, 9.17) is 4.74 Å². The van der Waals surface area contributed by atoms with Gasteiger partial charge in [0.25, 0.3) is 0 Å². The van der Waals surface area contributed by atoms with E-state index < -0.39 is 6.10 Å². The van der Waals surface area contributed by atoms with Crippen LogP contribution >= 0.6 is 0 Å². The Kier molecular flexibility index (Phi) is 11.8. The molecular weight excluding hydrogens is 305 g/mol. The van der Waals surface area contributed by atoms with E-state index in [1.807, 2.05) is 49.4 Å². The number of nitrogens with zero attached hydrogens (tertiary/aromatic N) is 1. The van der Waals surface area contributed by atoms with Gasteiger partial charge < -0.3 is 9.84 Å². The van der Waals surface area contributed by atoms with E-state index in [0.717, 1.165) is 11.1 Å². The first-order valence-corrected chi connectivity index (χ1v) is 8.92. The summed E-state index contributed by atoms with van der Waals surface area (Å²) in [6, 6.07) is 13.5. The van der Waals surface area contributed by atoms with Crippen molar-refractivity contribution in [2.75, 3.05) is 0 Å². The number of ether oxygens (including phenoxy) is 1. The zero-order chi connectivity index (χ0) is 18.3. The van der Waals surface area contributed by atoms with Crippen molar-refractivity contribution in [3.05, 3.63) is 66.0 Å². The van der Waals surface area contributed by atoms with Gasteiger partial charge >= 0.3 is 42.6 Å². The summed E-state index contributed by atoms with van der Waals surface area (Å²) in [5.41, 5.74) is 1.86. The maximum atomic E-state index is 9.94. The molecule has 0 spiro atoms. The minimum absolute atomic E-state index is 0.348. The van der Waals surface area contributed by atoms with Crippen molar-refractivity contribution in [2.24, 2.45) is 0 Å². The zero-order valence-corrected chi connectivity index (χ0v) is 15.5. The number of pyridine rings is 1. The van der Waals surface area contributed by atoms with Crippen LogP contribution in [0.2, 0.25) is 5.09 Å². The third-order valence-corrected chi connectivity index (χ3v) is 3.53. The maximum absolute atomic E-state index is 9.94. The fourth-order valence-electron chi connectivity index (χ4n) is 1.96. The minimum atomic E-state index is -0.820. The van der Waals surface area contributed by atoms with Crippen LogP contribution in [0.15, 0.2) is 54.9 Å². The molecule has 0 aliphatic rings. The van der Waals surface area contributed by atoms with Gasteiger partial charge in [0.1, 0.15) is 6.10 Å². The number of aliphatic hydroxyl groups is 1. The third kappa shape index (κ3) is 10.1. The average molecular weight is 331 g/mol. The number of unbranched alkanes of at least 4 members (excludes halogenated alkanes) is 1. The Bertz CT molecular complexity index is 621. The number of aromatic nitrogens is 1. The number of aliphatic hydroxyl groups excluding tert-OH is 1. The van der Waals surface area contributed by atoms with Crippen LogP contribution in [0.5, 0.6) is 0 Å². The zero-order valence-electron chi connectivity index (χ0n) is 15.5. The topological polar surface area (TPSA) is 42.4 Å². The molecular formula is C21H26LiNO2. The van der Waals surface area contributed by atoms with E-state index in [-0.39, 0.29) is 6.10 Å². The number of hydrogen-bond donors (Lipinski definition) is 1. The standard InChI is InChI=1S/C17H17NO2.C4H9.Li/c1-14(20-13-16-6-3-2-4-7-16)17(19)10-9-15-8-5-11-18-12-15;1-3-4-2;/h2-8,11-12,14,17,19H,13H2,1H3;1,3-4H2,2H3;/t14-,17?;;/m1../s1. The molecule has 1 aromatic carbocycles. The molecule has 128 valence electrons. The van der Waals surface area contributed by atoms with Crippen LogP contribution in [-0.4, -0.2) is 40.0 Å². The van der Waals surface area contributed by atoms with Gasteiger partial charge in [0.05, 0.1) is 12.7 Å². The predicted octanol–water partition coefficient (Wildman–Crippen LogP) is 3.77. The normalized spacial score (nSPS) is 12.2. The van der Waals surface area contributed by atoms with Crippen LogP contribution in [0.3, 0.4) is 0 Å². The van der Waals surface area contributed by atoms with Crippen molar-refractivity contribution in [1.82, 2.24) is 4.98 Å². The summed E-state index contributed by atoms with van der Waals surface area (Å²) in [4.78, 5) is 3.97.